The van der Waals surface area contributed by atoms with Crippen molar-refractivity contribution in [1.29, 1.82) is 0 Å². The van der Waals surface area contributed by atoms with Gasteiger partial charge < -0.3 is 21.3 Å². The molecule has 2 saturated carbocycles. The maximum atomic E-state index is 13.8. The van der Waals surface area contributed by atoms with Gasteiger partial charge in [-0.1, -0.05) is 13.8 Å². The molecule has 3 aliphatic rings. The van der Waals surface area contributed by atoms with Crippen molar-refractivity contribution in [3.63, 3.8) is 0 Å². The fourth-order valence-corrected chi connectivity index (χ4v) is 6.29. The molecule has 3 aliphatic carbocycles. The van der Waals surface area contributed by atoms with Crippen LogP contribution in [0.4, 0.5) is 5.69 Å². The van der Waals surface area contributed by atoms with Gasteiger partial charge in [0.25, 0.3) is 0 Å². The van der Waals surface area contributed by atoms with Gasteiger partial charge in [-0.25, -0.2) is 0 Å². The molecule has 198 valence electrons. The van der Waals surface area contributed by atoms with E-state index in [2.05, 4.69) is 5.32 Å². The Bertz CT molecular complexity index is 1240. The minimum Gasteiger partial charge on any atom is -0.507 e. The maximum Gasteiger partial charge on any atom is 0.235 e. The van der Waals surface area contributed by atoms with Crippen LogP contribution in [0.5, 0.6) is 5.75 Å². The Labute approximate surface area is 213 Å². The number of aromatic hydroxyl groups is 1. The summed E-state index contributed by atoms with van der Waals surface area (Å²) in [5, 5.41) is 24.9. The number of Topliss-reactive ketones (excluding diaryl/α,β-unsaturated/α-hetero) is 4. The first-order chi connectivity index (χ1) is 17.2. The molecule has 1 aromatic rings. The molecule has 0 aliphatic heterocycles. The van der Waals surface area contributed by atoms with E-state index in [0.29, 0.717) is 11.3 Å². The molecular formula is C26H31N3O8. The average Bonchev–Trinajstić information content (AvgIpc) is 2.77. The van der Waals surface area contributed by atoms with Gasteiger partial charge >= 0.3 is 0 Å². The van der Waals surface area contributed by atoms with E-state index < -0.39 is 70.1 Å². The van der Waals surface area contributed by atoms with E-state index in [9.17, 15) is 39.0 Å². The third-order valence-corrected chi connectivity index (χ3v) is 7.81. The van der Waals surface area contributed by atoms with Crippen molar-refractivity contribution in [1.82, 2.24) is 4.90 Å². The molecule has 6 atom stereocenters. The lowest BCUT2D eigenvalue weighted by molar-refractivity contribution is -0.181. The smallest absolute Gasteiger partial charge is 0.235 e. The van der Waals surface area contributed by atoms with Crippen LogP contribution in [0.25, 0.3) is 0 Å². The van der Waals surface area contributed by atoms with Gasteiger partial charge in [-0.2, -0.15) is 0 Å². The Hall–Kier alpha value is -3.44. The first-order valence-electron chi connectivity index (χ1n) is 12.2. The highest BCUT2D eigenvalue weighted by Crippen LogP contribution is 2.51. The van der Waals surface area contributed by atoms with Crippen LogP contribution in [0.3, 0.4) is 0 Å². The molecule has 0 aromatic heterocycles. The molecule has 0 bridgehead atoms. The van der Waals surface area contributed by atoms with Crippen LogP contribution in [-0.4, -0.2) is 75.8 Å². The molecule has 0 radical (unpaired) electrons. The van der Waals surface area contributed by atoms with Crippen LogP contribution in [0.15, 0.2) is 12.1 Å². The van der Waals surface area contributed by atoms with Crippen molar-refractivity contribution in [2.75, 3.05) is 19.4 Å². The molecule has 0 saturated heterocycles. The third-order valence-electron chi connectivity index (χ3n) is 7.81. The standard InChI is InChI=1S/C26H31N3O8/c1-10(2)7-16(31)28-14-5-6-15(30)18-12(14)8-11-9-13-20(29(3)4)22(33)19(25(27)36)24(35)26(13,37)23(34)17(11)21(18)32/h5-6,10-11,13,17,19-20,30,37H,7-9H2,1-4H3,(H2,27,36)(H,28,31)/t11-,13-,17?,19?,20-,26-/m0/s1. The zero-order valence-corrected chi connectivity index (χ0v) is 21.1. The number of phenolic OH excluding ortho intramolecular Hbond substituents is 1. The number of nitrogens with one attached hydrogen (secondary N) is 1. The number of phenols is 1. The Morgan fingerprint density at radius 1 is 1.16 bits per heavy atom. The fraction of sp³-hybridized carbons (Fsp3) is 0.538. The van der Waals surface area contributed by atoms with E-state index in [0.717, 1.165) is 0 Å². The molecule has 2 fully saturated rings. The number of aliphatic hydroxyl groups is 1. The predicted octanol–water partition coefficient (Wildman–Crippen LogP) is -0.148. The molecule has 37 heavy (non-hydrogen) atoms. The fourth-order valence-electron chi connectivity index (χ4n) is 6.29. The second-order valence-electron chi connectivity index (χ2n) is 10.9. The number of likely N-dealkylation sites (N-methyl/N-ethyl adjacent to an activating group) is 1. The van der Waals surface area contributed by atoms with Crippen molar-refractivity contribution < 1.29 is 39.0 Å². The van der Waals surface area contributed by atoms with Crippen molar-refractivity contribution in [3.05, 3.63) is 23.3 Å². The lowest BCUT2D eigenvalue weighted by Crippen LogP contribution is -2.74. The molecule has 4 rings (SSSR count). The summed E-state index contributed by atoms with van der Waals surface area (Å²) in [4.78, 5) is 79.7. The van der Waals surface area contributed by atoms with E-state index in [-0.39, 0.29) is 36.7 Å². The quantitative estimate of drug-likeness (QED) is 0.307. The number of primary amides is 1. The number of hydrogen-bond donors (Lipinski definition) is 4. The Morgan fingerprint density at radius 2 is 1.81 bits per heavy atom. The van der Waals surface area contributed by atoms with Gasteiger partial charge in [0.15, 0.2) is 34.7 Å². The minimum atomic E-state index is -2.77. The lowest BCUT2D eigenvalue weighted by Gasteiger charge is -2.52. The van der Waals surface area contributed by atoms with Crippen molar-refractivity contribution >= 4 is 40.6 Å². The predicted molar refractivity (Wildman–Crippen MR) is 129 cm³/mol. The Morgan fingerprint density at radius 3 is 2.38 bits per heavy atom. The van der Waals surface area contributed by atoms with E-state index in [1.54, 1.807) is 0 Å². The average molecular weight is 514 g/mol. The number of carbonyl (C=O) groups excluding carboxylic acids is 6. The summed E-state index contributed by atoms with van der Waals surface area (Å²) in [5.74, 6) is -11.3. The Kier molecular flexibility index (Phi) is 6.58. The second-order valence-corrected chi connectivity index (χ2v) is 10.9. The molecule has 5 N–H and O–H groups in total. The van der Waals surface area contributed by atoms with Gasteiger partial charge in [0.1, 0.15) is 5.75 Å². The zero-order chi connectivity index (χ0) is 27.6. The van der Waals surface area contributed by atoms with E-state index in [4.69, 9.17) is 5.73 Å². The largest absolute Gasteiger partial charge is 0.507 e. The summed E-state index contributed by atoms with van der Waals surface area (Å²) in [5.41, 5.74) is 3.06. The summed E-state index contributed by atoms with van der Waals surface area (Å²) in [7, 11) is 3.05. The summed E-state index contributed by atoms with van der Waals surface area (Å²) in [6.45, 7) is 3.76. The van der Waals surface area contributed by atoms with Crippen molar-refractivity contribution in [3.8, 4) is 5.75 Å². The molecule has 0 heterocycles. The number of amides is 2. The van der Waals surface area contributed by atoms with Crippen molar-refractivity contribution in [2.24, 2.45) is 35.3 Å². The molecule has 1 aromatic carbocycles. The molecule has 2 amide bonds. The van der Waals surface area contributed by atoms with E-state index in [1.165, 1.54) is 31.1 Å². The topological polar surface area (TPSA) is 184 Å². The summed E-state index contributed by atoms with van der Waals surface area (Å²) in [6.07, 6.45) is 0.259. The second kappa shape index (κ2) is 9.14. The van der Waals surface area contributed by atoms with Gasteiger partial charge in [-0.05, 0) is 56.5 Å². The molecule has 11 heteroatoms. The van der Waals surface area contributed by atoms with Crippen LogP contribution < -0.4 is 11.1 Å². The van der Waals surface area contributed by atoms with Gasteiger partial charge in [-0.3, -0.25) is 33.7 Å². The van der Waals surface area contributed by atoms with Crippen LogP contribution in [0, 0.1) is 29.6 Å². The Balaban J connectivity index is 1.81. The van der Waals surface area contributed by atoms with Gasteiger partial charge in [0.2, 0.25) is 11.8 Å². The highest BCUT2D eigenvalue weighted by atomic mass is 16.3. The number of rotatable bonds is 5. The van der Waals surface area contributed by atoms with Crippen LogP contribution in [-0.2, 0) is 30.4 Å². The number of fused-ring (bicyclic) bond motifs is 3. The normalized spacial score (nSPS) is 31.2. The van der Waals surface area contributed by atoms with Gasteiger partial charge in [0.05, 0.1) is 17.5 Å². The maximum absolute atomic E-state index is 13.8. The number of carbonyl (C=O) groups is 6. The minimum absolute atomic E-state index is 0.0566. The first kappa shape index (κ1) is 26.6. The number of hydrogen-bond acceptors (Lipinski definition) is 9. The number of benzene rings is 1. The summed E-state index contributed by atoms with van der Waals surface area (Å²) < 4.78 is 0. The molecule has 2 unspecified atom stereocenters. The number of nitrogens with two attached hydrogens (primary N) is 1. The third kappa shape index (κ3) is 3.97. The van der Waals surface area contributed by atoms with Crippen LogP contribution in [0.1, 0.15) is 42.6 Å². The summed E-state index contributed by atoms with van der Waals surface area (Å²) in [6, 6.07) is 1.55. The van der Waals surface area contributed by atoms with Crippen LogP contribution >= 0.6 is 0 Å². The first-order valence-corrected chi connectivity index (χ1v) is 12.2. The highest BCUT2D eigenvalue weighted by molar-refractivity contribution is 6.32. The number of ketones is 4. The van der Waals surface area contributed by atoms with Crippen LogP contribution in [0.2, 0.25) is 0 Å². The molecule has 11 nitrogen and oxygen atoms in total. The van der Waals surface area contributed by atoms with Crippen molar-refractivity contribution in [2.45, 2.75) is 44.8 Å². The number of anilines is 1. The van der Waals surface area contributed by atoms with Gasteiger partial charge in [-0.15, -0.1) is 0 Å². The monoisotopic (exact) mass is 513 g/mol. The highest BCUT2D eigenvalue weighted by Gasteiger charge is 2.69. The lowest BCUT2D eigenvalue weighted by atomic mass is 9.52. The molecule has 0 spiro atoms. The molecular weight excluding hydrogens is 482 g/mol. The van der Waals surface area contributed by atoms with Gasteiger partial charge in [0, 0.05) is 18.0 Å². The number of nitrogens with zero attached hydrogens (tertiary/aromatic N) is 1. The van der Waals surface area contributed by atoms with E-state index >= 15 is 0 Å². The van der Waals surface area contributed by atoms with E-state index in [1.807, 2.05) is 13.8 Å². The summed E-state index contributed by atoms with van der Waals surface area (Å²) >= 11 is 0. The SMILES string of the molecule is CC(C)CC(=O)Nc1ccc(O)c2c1C[C@H]1C[C@H]3[C@H](N(C)C)C(=O)C(C(N)=O)C(=O)[C@@]3(O)C(=O)C1C2=O. The zero-order valence-electron chi connectivity index (χ0n) is 21.1.